The van der Waals surface area contributed by atoms with Crippen LogP contribution in [0, 0.1) is 0 Å². The van der Waals surface area contributed by atoms with Gasteiger partial charge in [-0.15, -0.1) is 11.3 Å². The third-order valence-corrected chi connectivity index (χ3v) is 5.46. The molecular formula is C19H18N2O6S2. The Bertz CT molecular complexity index is 1080. The first-order valence-electron chi connectivity index (χ1n) is 8.43. The maximum Gasteiger partial charge on any atom is 0.257 e. The highest BCUT2D eigenvalue weighted by atomic mass is 32.2. The zero-order chi connectivity index (χ0) is 20.9. The number of nitrogens with zero attached hydrogens (tertiary/aromatic N) is 1. The second-order valence-electron chi connectivity index (χ2n) is 5.90. The van der Waals surface area contributed by atoms with Crippen molar-refractivity contribution >= 4 is 32.2 Å². The molecule has 0 saturated heterocycles. The smallest absolute Gasteiger partial charge is 0.257 e. The van der Waals surface area contributed by atoms with Crippen molar-refractivity contribution in [3.05, 3.63) is 59.6 Å². The third kappa shape index (κ3) is 5.76. The summed E-state index contributed by atoms with van der Waals surface area (Å²) >= 11 is 1.29. The first kappa shape index (κ1) is 20.8. The van der Waals surface area contributed by atoms with E-state index in [4.69, 9.17) is 14.6 Å². The van der Waals surface area contributed by atoms with Crippen LogP contribution in [0.5, 0.6) is 17.2 Å². The molecule has 0 aliphatic carbocycles. The zero-order valence-electron chi connectivity index (χ0n) is 15.4. The summed E-state index contributed by atoms with van der Waals surface area (Å²) in [7, 11) is -3.31. The van der Waals surface area contributed by atoms with Crippen LogP contribution in [-0.4, -0.2) is 43.9 Å². The van der Waals surface area contributed by atoms with E-state index in [0.29, 0.717) is 22.4 Å². The summed E-state index contributed by atoms with van der Waals surface area (Å²) in [5.41, 5.74) is 0.276. The minimum absolute atomic E-state index is 0.0556. The number of carbonyl (C=O) groups excluding carboxylic acids is 1. The van der Waals surface area contributed by atoms with Gasteiger partial charge in [-0.2, -0.15) is 0 Å². The Morgan fingerprint density at radius 1 is 1.14 bits per heavy atom. The first-order valence-corrected chi connectivity index (χ1v) is 11.2. The van der Waals surface area contributed by atoms with Crippen LogP contribution >= 0.6 is 11.3 Å². The van der Waals surface area contributed by atoms with Gasteiger partial charge in [-0.25, -0.2) is 13.4 Å². The molecule has 0 aliphatic rings. The van der Waals surface area contributed by atoms with Crippen molar-refractivity contribution in [1.82, 2.24) is 4.98 Å². The van der Waals surface area contributed by atoms with Crippen molar-refractivity contribution < 1.29 is 27.8 Å². The van der Waals surface area contributed by atoms with Crippen molar-refractivity contribution in [3.8, 4) is 17.2 Å². The lowest BCUT2D eigenvalue weighted by Crippen LogP contribution is -2.12. The molecule has 0 atom stereocenters. The second-order valence-corrected chi connectivity index (χ2v) is 8.81. The second kappa shape index (κ2) is 9.03. The third-order valence-electron chi connectivity index (χ3n) is 3.64. The lowest BCUT2D eigenvalue weighted by atomic mass is 10.2. The highest BCUT2D eigenvalue weighted by molar-refractivity contribution is 7.90. The molecule has 2 N–H and O–H groups in total. The number of rotatable bonds is 8. The van der Waals surface area contributed by atoms with E-state index in [1.807, 2.05) is 0 Å². The molecule has 29 heavy (non-hydrogen) atoms. The lowest BCUT2D eigenvalue weighted by Gasteiger charge is -2.12. The predicted molar refractivity (Wildman–Crippen MR) is 109 cm³/mol. The van der Waals surface area contributed by atoms with Crippen molar-refractivity contribution in [1.29, 1.82) is 0 Å². The molecule has 2 aromatic carbocycles. The van der Waals surface area contributed by atoms with E-state index in [1.54, 1.807) is 17.6 Å². The highest BCUT2D eigenvalue weighted by Crippen LogP contribution is 2.29. The summed E-state index contributed by atoms with van der Waals surface area (Å²) < 4.78 is 34.3. The van der Waals surface area contributed by atoms with Gasteiger partial charge in [0.05, 0.1) is 11.5 Å². The van der Waals surface area contributed by atoms with E-state index in [1.165, 1.54) is 47.7 Å². The minimum Gasteiger partial charge on any atom is -0.491 e. The van der Waals surface area contributed by atoms with E-state index in [2.05, 4.69) is 10.3 Å². The molecule has 0 bridgehead atoms. The van der Waals surface area contributed by atoms with E-state index in [9.17, 15) is 13.2 Å². The largest absolute Gasteiger partial charge is 0.491 e. The van der Waals surface area contributed by atoms with Gasteiger partial charge in [0, 0.05) is 29.5 Å². The number of aliphatic hydroxyl groups is 1. The maximum absolute atomic E-state index is 12.5. The summed E-state index contributed by atoms with van der Waals surface area (Å²) in [6.07, 6.45) is 2.70. The Labute approximate surface area is 171 Å². The molecule has 3 rings (SSSR count). The number of amides is 1. The molecule has 1 heterocycles. The Kier molecular flexibility index (Phi) is 6.47. The molecule has 0 unspecified atom stereocenters. The fourth-order valence-corrected chi connectivity index (χ4v) is 3.51. The van der Waals surface area contributed by atoms with Crippen LogP contribution in [0.4, 0.5) is 5.13 Å². The zero-order valence-corrected chi connectivity index (χ0v) is 17.0. The van der Waals surface area contributed by atoms with Crippen molar-refractivity contribution in [3.63, 3.8) is 0 Å². The molecular weight excluding hydrogens is 416 g/mol. The van der Waals surface area contributed by atoms with Crippen LogP contribution in [-0.2, 0) is 9.84 Å². The van der Waals surface area contributed by atoms with E-state index < -0.39 is 15.7 Å². The van der Waals surface area contributed by atoms with Crippen molar-refractivity contribution in [2.24, 2.45) is 0 Å². The van der Waals surface area contributed by atoms with Crippen LogP contribution in [0.1, 0.15) is 10.4 Å². The number of aliphatic hydroxyl groups excluding tert-OH is 1. The van der Waals surface area contributed by atoms with Crippen LogP contribution < -0.4 is 14.8 Å². The topological polar surface area (TPSA) is 115 Å². The summed E-state index contributed by atoms with van der Waals surface area (Å²) in [6, 6.07) is 10.5. The van der Waals surface area contributed by atoms with Crippen LogP contribution in [0.2, 0.25) is 0 Å². The normalized spacial score (nSPS) is 11.1. The number of benzene rings is 2. The maximum atomic E-state index is 12.5. The summed E-state index contributed by atoms with van der Waals surface area (Å²) in [4.78, 5) is 16.7. The van der Waals surface area contributed by atoms with Gasteiger partial charge in [-0.1, -0.05) is 0 Å². The number of thiazole rings is 1. The molecule has 152 valence electrons. The minimum atomic E-state index is -3.31. The number of hydrogen-bond donors (Lipinski definition) is 2. The summed E-state index contributed by atoms with van der Waals surface area (Å²) in [5.74, 6) is 0.653. The first-order chi connectivity index (χ1) is 13.8. The van der Waals surface area contributed by atoms with Crippen LogP contribution in [0.3, 0.4) is 0 Å². The molecule has 1 amide bonds. The van der Waals surface area contributed by atoms with Gasteiger partial charge in [0.2, 0.25) is 0 Å². The molecule has 3 aromatic rings. The SMILES string of the molecule is CS(=O)(=O)c1ccc(Oc2cc(OCCO)cc(C(=O)Nc3nccs3)c2)cc1. The van der Waals surface area contributed by atoms with Gasteiger partial charge >= 0.3 is 0 Å². The van der Waals surface area contributed by atoms with E-state index >= 15 is 0 Å². The molecule has 0 aliphatic heterocycles. The van der Waals surface area contributed by atoms with Crippen LogP contribution in [0.25, 0.3) is 0 Å². The van der Waals surface area contributed by atoms with Gasteiger partial charge in [0.25, 0.3) is 5.91 Å². The molecule has 8 nitrogen and oxygen atoms in total. The number of nitrogens with one attached hydrogen (secondary N) is 1. The number of anilines is 1. The van der Waals surface area contributed by atoms with E-state index in [-0.39, 0.29) is 23.7 Å². The highest BCUT2D eigenvalue weighted by Gasteiger charge is 2.13. The summed E-state index contributed by atoms with van der Waals surface area (Å²) in [5, 5.41) is 13.9. The molecule has 1 aromatic heterocycles. The molecule has 0 spiro atoms. The molecule has 0 fully saturated rings. The average Bonchev–Trinajstić information content (AvgIpc) is 3.19. The number of ether oxygens (including phenoxy) is 2. The Hall–Kier alpha value is -2.95. The van der Waals surface area contributed by atoms with Crippen LogP contribution in [0.15, 0.2) is 58.9 Å². The molecule has 0 radical (unpaired) electrons. The van der Waals surface area contributed by atoms with Gasteiger partial charge in [0.1, 0.15) is 23.9 Å². The molecule has 10 heteroatoms. The summed E-state index contributed by atoms with van der Waals surface area (Å²) in [6.45, 7) is -0.126. The Morgan fingerprint density at radius 2 is 1.86 bits per heavy atom. The lowest BCUT2D eigenvalue weighted by molar-refractivity contribution is 0.102. The predicted octanol–water partition coefficient (Wildman–Crippen LogP) is 2.96. The van der Waals surface area contributed by atoms with Crippen molar-refractivity contribution in [2.45, 2.75) is 4.90 Å². The Balaban J connectivity index is 1.85. The fourth-order valence-electron chi connectivity index (χ4n) is 2.35. The van der Waals surface area contributed by atoms with Gasteiger partial charge in [-0.05, 0) is 36.4 Å². The monoisotopic (exact) mass is 434 g/mol. The quantitative estimate of drug-likeness (QED) is 0.560. The van der Waals surface area contributed by atoms with Gasteiger partial charge < -0.3 is 14.6 Å². The number of hydrogen-bond acceptors (Lipinski definition) is 8. The molecule has 0 saturated carbocycles. The average molecular weight is 434 g/mol. The number of sulfone groups is 1. The van der Waals surface area contributed by atoms with Gasteiger partial charge in [-0.3, -0.25) is 10.1 Å². The number of aromatic nitrogens is 1. The van der Waals surface area contributed by atoms with Crippen molar-refractivity contribution in [2.75, 3.05) is 24.8 Å². The Morgan fingerprint density at radius 3 is 2.48 bits per heavy atom. The van der Waals surface area contributed by atoms with Gasteiger partial charge in [0.15, 0.2) is 15.0 Å². The number of carbonyl (C=O) groups is 1. The standard InChI is InChI=1S/C19H18N2O6S2/c1-29(24,25)17-4-2-14(3-5-17)27-16-11-13(10-15(12-16)26-8-7-22)18(23)21-19-20-6-9-28-19/h2-6,9-12,22H,7-8H2,1H3,(H,20,21,23). The van der Waals surface area contributed by atoms with E-state index in [0.717, 1.165) is 6.26 Å². The fraction of sp³-hybridized carbons (Fsp3) is 0.158.